The van der Waals surface area contributed by atoms with Gasteiger partial charge in [-0.05, 0) is 22.0 Å². The van der Waals surface area contributed by atoms with Crippen molar-refractivity contribution in [1.29, 1.82) is 0 Å². The Balaban J connectivity index is 2.33. The molecule has 3 rings (SSSR count). The van der Waals surface area contributed by atoms with Crippen LogP contribution in [-0.2, 0) is 0 Å². The number of aromatic nitrogens is 1. The van der Waals surface area contributed by atoms with E-state index in [1.54, 1.807) is 16.8 Å². The molecule has 2 heterocycles. The van der Waals surface area contributed by atoms with Crippen LogP contribution in [0.15, 0.2) is 45.4 Å². The maximum Gasteiger partial charge on any atom is 0.219 e. The normalized spacial score (nSPS) is 10.8. The molecule has 0 saturated heterocycles. The van der Waals surface area contributed by atoms with Crippen molar-refractivity contribution in [1.82, 2.24) is 4.57 Å². The minimum atomic E-state index is 0.229. The molecule has 0 amide bonds. The predicted molar refractivity (Wildman–Crippen MR) is 74.0 cm³/mol. The smallest absolute Gasteiger partial charge is 0.219 e. The Labute approximate surface area is 116 Å². The third-order valence-electron chi connectivity index (χ3n) is 2.89. The second-order valence-corrected chi connectivity index (χ2v) is 4.86. The number of hydrogen-bond donors (Lipinski definition) is 0. The van der Waals surface area contributed by atoms with E-state index in [2.05, 4.69) is 15.9 Å². The maximum atomic E-state index is 11.1. The Hall–Kier alpha value is -2.14. The molecule has 94 valence electrons. The fourth-order valence-electron chi connectivity index (χ4n) is 2.07. The van der Waals surface area contributed by atoms with Gasteiger partial charge in [-0.3, -0.25) is 14.2 Å². The number of hydrogen-bond acceptors (Lipinski definition) is 3. The van der Waals surface area contributed by atoms with E-state index in [4.69, 9.17) is 4.42 Å². The number of benzene rings is 1. The van der Waals surface area contributed by atoms with Gasteiger partial charge in [0, 0.05) is 23.2 Å². The second kappa shape index (κ2) is 4.51. The largest absolute Gasteiger partial charge is 0.436 e. The number of halogens is 1. The molecule has 4 nitrogen and oxygen atoms in total. The molecular weight excluding hydrogens is 310 g/mol. The van der Waals surface area contributed by atoms with Gasteiger partial charge < -0.3 is 4.42 Å². The van der Waals surface area contributed by atoms with E-state index < -0.39 is 0 Å². The first-order valence-corrected chi connectivity index (χ1v) is 6.34. The predicted octanol–water partition coefficient (Wildman–Crippen LogP) is 3.61. The number of fused-ring (bicyclic) bond motifs is 1. The molecule has 0 aliphatic heterocycles. The highest BCUT2D eigenvalue weighted by atomic mass is 79.9. The molecule has 3 aromatic rings. The lowest BCUT2D eigenvalue weighted by atomic mass is 10.2. The Bertz CT molecular complexity index is 785. The van der Waals surface area contributed by atoms with Crippen LogP contribution < -0.4 is 0 Å². The molecule has 19 heavy (non-hydrogen) atoms. The fourth-order valence-corrected chi connectivity index (χ4v) is 2.56. The van der Waals surface area contributed by atoms with Crippen LogP contribution in [0.4, 0.5) is 0 Å². The SMILES string of the molecule is O=Cc1cc(Br)c(-n2cc(C=O)c3ccccc32)o1. The first kappa shape index (κ1) is 11.9. The van der Waals surface area contributed by atoms with Crippen molar-refractivity contribution in [2.75, 3.05) is 0 Å². The summed E-state index contributed by atoms with van der Waals surface area (Å²) >= 11 is 3.35. The molecule has 5 heteroatoms. The Morgan fingerprint density at radius 1 is 1.16 bits per heavy atom. The van der Waals surface area contributed by atoms with Crippen LogP contribution in [0, 0.1) is 0 Å². The van der Waals surface area contributed by atoms with Crippen LogP contribution in [-0.4, -0.2) is 17.1 Å². The summed E-state index contributed by atoms with van der Waals surface area (Å²) in [7, 11) is 0. The van der Waals surface area contributed by atoms with E-state index in [0.717, 1.165) is 17.2 Å². The topological polar surface area (TPSA) is 52.2 Å². The Morgan fingerprint density at radius 2 is 1.95 bits per heavy atom. The monoisotopic (exact) mass is 317 g/mol. The number of carbonyl (C=O) groups is 2. The van der Waals surface area contributed by atoms with Gasteiger partial charge in [0.05, 0.1) is 9.99 Å². The summed E-state index contributed by atoms with van der Waals surface area (Å²) in [6.45, 7) is 0. The number of aldehydes is 2. The van der Waals surface area contributed by atoms with Crippen LogP contribution in [0.2, 0.25) is 0 Å². The molecule has 0 aliphatic rings. The number of rotatable bonds is 3. The average Bonchev–Trinajstić information content (AvgIpc) is 2.99. The van der Waals surface area contributed by atoms with Gasteiger partial charge in [0.2, 0.25) is 5.88 Å². The van der Waals surface area contributed by atoms with E-state index in [1.807, 2.05) is 24.3 Å². The second-order valence-electron chi connectivity index (χ2n) is 4.01. The van der Waals surface area contributed by atoms with Crippen molar-refractivity contribution in [3.63, 3.8) is 0 Å². The van der Waals surface area contributed by atoms with E-state index in [0.29, 0.717) is 22.2 Å². The molecule has 2 aromatic heterocycles. The van der Waals surface area contributed by atoms with Crippen LogP contribution in [0.1, 0.15) is 20.9 Å². The molecule has 0 spiro atoms. The minimum absolute atomic E-state index is 0.229. The summed E-state index contributed by atoms with van der Waals surface area (Å²) in [4.78, 5) is 21.8. The molecular formula is C14H8BrNO3. The van der Waals surface area contributed by atoms with Gasteiger partial charge in [-0.2, -0.15) is 0 Å². The highest BCUT2D eigenvalue weighted by Gasteiger charge is 2.15. The molecule has 0 aliphatic carbocycles. The van der Waals surface area contributed by atoms with Crippen molar-refractivity contribution in [2.45, 2.75) is 0 Å². The molecule has 0 atom stereocenters. The van der Waals surface area contributed by atoms with Crippen LogP contribution in [0.5, 0.6) is 0 Å². The highest BCUT2D eigenvalue weighted by molar-refractivity contribution is 9.10. The summed E-state index contributed by atoms with van der Waals surface area (Å²) in [5.41, 5.74) is 1.42. The standard InChI is InChI=1S/C14H8BrNO3/c15-12-5-10(8-18)19-14(12)16-6-9(7-17)11-3-1-2-4-13(11)16/h1-8H. The van der Waals surface area contributed by atoms with Crippen molar-refractivity contribution >= 4 is 39.4 Å². The first-order chi connectivity index (χ1) is 9.24. The fraction of sp³-hybridized carbons (Fsp3) is 0. The zero-order valence-electron chi connectivity index (χ0n) is 9.67. The molecule has 1 aromatic carbocycles. The van der Waals surface area contributed by atoms with E-state index in [9.17, 15) is 9.59 Å². The van der Waals surface area contributed by atoms with Gasteiger partial charge in [-0.1, -0.05) is 18.2 Å². The van der Waals surface area contributed by atoms with Crippen molar-refractivity contribution in [3.8, 4) is 5.88 Å². The zero-order valence-corrected chi connectivity index (χ0v) is 11.3. The third-order valence-corrected chi connectivity index (χ3v) is 3.46. The third kappa shape index (κ3) is 1.82. The summed E-state index contributed by atoms with van der Waals surface area (Å²) in [6, 6.07) is 9.10. The minimum Gasteiger partial charge on any atom is -0.436 e. The molecule has 0 bridgehead atoms. The van der Waals surface area contributed by atoms with Gasteiger partial charge in [0.25, 0.3) is 0 Å². The molecule has 0 fully saturated rings. The average molecular weight is 318 g/mol. The van der Waals surface area contributed by atoms with E-state index in [1.165, 1.54) is 0 Å². The van der Waals surface area contributed by atoms with Gasteiger partial charge >= 0.3 is 0 Å². The quantitative estimate of drug-likeness (QED) is 0.693. The van der Waals surface area contributed by atoms with Crippen LogP contribution in [0.3, 0.4) is 0 Å². The molecule has 0 N–H and O–H groups in total. The maximum absolute atomic E-state index is 11.1. The summed E-state index contributed by atoms with van der Waals surface area (Å²) in [5.74, 6) is 0.707. The van der Waals surface area contributed by atoms with Crippen LogP contribution in [0.25, 0.3) is 16.8 Å². The number of furan rings is 1. The van der Waals surface area contributed by atoms with Gasteiger partial charge in [-0.25, -0.2) is 0 Å². The lowest BCUT2D eigenvalue weighted by Gasteiger charge is -2.01. The number of carbonyl (C=O) groups excluding carboxylic acids is 2. The van der Waals surface area contributed by atoms with Crippen molar-refractivity contribution in [3.05, 3.63) is 52.3 Å². The van der Waals surface area contributed by atoms with E-state index in [-0.39, 0.29) is 5.76 Å². The van der Waals surface area contributed by atoms with Crippen LogP contribution >= 0.6 is 15.9 Å². The van der Waals surface area contributed by atoms with Gasteiger partial charge in [0.1, 0.15) is 0 Å². The number of para-hydroxylation sites is 1. The molecule has 0 radical (unpaired) electrons. The van der Waals surface area contributed by atoms with E-state index >= 15 is 0 Å². The van der Waals surface area contributed by atoms with Gasteiger partial charge in [0.15, 0.2) is 18.3 Å². The van der Waals surface area contributed by atoms with Crippen molar-refractivity contribution in [2.24, 2.45) is 0 Å². The number of nitrogens with zero attached hydrogens (tertiary/aromatic N) is 1. The first-order valence-electron chi connectivity index (χ1n) is 5.54. The Morgan fingerprint density at radius 3 is 2.63 bits per heavy atom. The van der Waals surface area contributed by atoms with Gasteiger partial charge in [-0.15, -0.1) is 0 Å². The summed E-state index contributed by atoms with van der Waals surface area (Å²) in [6.07, 6.45) is 3.13. The Kier molecular flexibility index (Phi) is 2.83. The summed E-state index contributed by atoms with van der Waals surface area (Å²) in [5, 5.41) is 0.841. The lowest BCUT2D eigenvalue weighted by Crippen LogP contribution is -1.90. The van der Waals surface area contributed by atoms with Crippen molar-refractivity contribution < 1.29 is 14.0 Å². The highest BCUT2D eigenvalue weighted by Crippen LogP contribution is 2.30. The lowest BCUT2D eigenvalue weighted by molar-refractivity contribution is 0.109. The molecule has 0 unspecified atom stereocenters. The zero-order chi connectivity index (χ0) is 13.4. The summed E-state index contributed by atoms with van der Waals surface area (Å²) < 4.78 is 7.85. The molecule has 0 saturated carbocycles.